The van der Waals surface area contributed by atoms with Crippen LogP contribution in [0, 0.1) is 0 Å². The van der Waals surface area contributed by atoms with Crippen LogP contribution in [-0.2, 0) is 0 Å². The number of nitrogens with one attached hydrogen (secondary N) is 1. The first-order valence-corrected chi connectivity index (χ1v) is 6.23. The molecule has 0 aliphatic rings. The first-order valence-electron chi connectivity index (χ1n) is 6.23. The van der Waals surface area contributed by atoms with Crippen LogP contribution in [0.3, 0.4) is 0 Å². The Balaban J connectivity index is 2.40. The topological polar surface area (TPSA) is 12.0 Å². The molecule has 0 atom stereocenters. The third-order valence-electron chi connectivity index (χ3n) is 3.80. The molecule has 4 aromatic rings. The molecule has 1 N–H and O–H groups in total. The van der Waals surface area contributed by atoms with Crippen molar-refractivity contribution in [3.05, 3.63) is 54.6 Å². The molecule has 0 aliphatic heterocycles. The van der Waals surface area contributed by atoms with Crippen LogP contribution in [0.1, 0.15) is 0 Å². The molecule has 0 spiro atoms. The fourth-order valence-corrected chi connectivity index (χ4v) is 2.95. The second kappa shape index (κ2) is 3.36. The minimum Gasteiger partial charge on any atom is -0.388 e. The molecule has 0 unspecified atom stereocenters. The molecule has 18 heavy (non-hydrogen) atoms. The van der Waals surface area contributed by atoms with E-state index < -0.39 is 0 Å². The minimum absolute atomic E-state index is 1.20. The Kier molecular flexibility index (Phi) is 1.81. The Morgan fingerprint density at radius 3 is 2.00 bits per heavy atom. The third kappa shape index (κ3) is 1.11. The van der Waals surface area contributed by atoms with Crippen LogP contribution in [0.5, 0.6) is 0 Å². The molecule has 0 bridgehead atoms. The molecule has 86 valence electrons. The van der Waals surface area contributed by atoms with Crippen LogP contribution >= 0.6 is 0 Å². The molecule has 4 rings (SSSR count). The lowest BCUT2D eigenvalue weighted by atomic mass is 9.93. The van der Waals surface area contributed by atoms with Gasteiger partial charge in [0.05, 0.1) is 0 Å². The molecular weight excluding hydrogens is 218 g/mol. The molecule has 0 heterocycles. The van der Waals surface area contributed by atoms with Gasteiger partial charge in [-0.2, -0.15) is 0 Å². The highest BCUT2D eigenvalue weighted by molar-refractivity contribution is 6.25. The zero-order valence-corrected chi connectivity index (χ0v) is 10.2. The lowest BCUT2D eigenvalue weighted by Crippen LogP contribution is -1.91. The second-order valence-corrected chi connectivity index (χ2v) is 4.72. The average Bonchev–Trinajstić information content (AvgIpc) is 2.44. The molecule has 0 saturated carbocycles. The van der Waals surface area contributed by atoms with E-state index in [1.807, 2.05) is 7.05 Å². The maximum atomic E-state index is 3.28. The normalized spacial score (nSPS) is 11.6. The van der Waals surface area contributed by atoms with Gasteiger partial charge >= 0.3 is 0 Å². The summed E-state index contributed by atoms with van der Waals surface area (Å²) in [5.74, 6) is 0. The molecule has 0 saturated heterocycles. The van der Waals surface area contributed by atoms with Gasteiger partial charge in [0.25, 0.3) is 0 Å². The lowest BCUT2D eigenvalue weighted by Gasteiger charge is -2.13. The van der Waals surface area contributed by atoms with E-state index in [-0.39, 0.29) is 0 Å². The van der Waals surface area contributed by atoms with Crippen molar-refractivity contribution in [3.8, 4) is 0 Å². The molecule has 4 aromatic carbocycles. The molecule has 0 aliphatic carbocycles. The van der Waals surface area contributed by atoms with Crippen LogP contribution in [0.4, 0.5) is 5.69 Å². The summed E-state index contributed by atoms with van der Waals surface area (Å²) in [6, 6.07) is 19.7. The summed E-state index contributed by atoms with van der Waals surface area (Å²) in [6.07, 6.45) is 0. The summed E-state index contributed by atoms with van der Waals surface area (Å²) < 4.78 is 0. The summed E-state index contributed by atoms with van der Waals surface area (Å²) >= 11 is 0. The van der Waals surface area contributed by atoms with Gasteiger partial charge < -0.3 is 5.32 Å². The van der Waals surface area contributed by atoms with Gasteiger partial charge in [0.1, 0.15) is 0 Å². The standard InChI is InChI=1S/C17H13N/c1-18-15-10-8-13-6-5-11-3-2-4-12-7-9-14(15)17(13)16(11)12/h2-10,18H,1H3. The van der Waals surface area contributed by atoms with Gasteiger partial charge in [-0.05, 0) is 33.0 Å². The van der Waals surface area contributed by atoms with Gasteiger partial charge in [0.15, 0.2) is 0 Å². The quantitative estimate of drug-likeness (QED) is 0.471. The Hall–Kier alpha value is -2.28. The van der Waals surface area contributed by atoms with Gasteiger partial charge in [-0.3, -0.25) is 0 Å². The van der Waals surface area contributed by atoms with E-state index in [9.17, 15) is 0 Å². The third-order valence-corrected chi connectivity index (χ3v) is 3.80. The van der Waals surface area contributed by atoms with Crippen LogP contribution < -0.4 is 5.32 Å². The minimum atomic E-state index is 1.20. The first-order chi connectivity index (χ1) is 8.88. The molecular formula is C17H13N. The first kappa shape index (κ1) is 9.72. The zero-order valence-electron chi connectivity index (χ0n) is 10.2. The van der Waals surface area contributed by atoms with Crippen LogP contribution in [0.25, 0.3) is 32.3 Å². The van der Waals surface area contributed by atoms with Gasteiger partial charge in [0.2, 0.25) is 0 Å². The van der Waals surface area contributed by atoms with Crippen LogP contribution in [0.15, 0.2) is 54.6 Å². The Bertz CT molecular complexity index is 845. The van der Waals surface area contributed by atoms with E-state index in [4.69, 9.17) is 0 Å². The second-order valence-electron chi connectivity index (χ2n) is 4.72. The molecule has 0 amide bonds. The van der Waals surface area contributed by atoms with Crippen molar-refractivity contribution >= 4 is 38.0 Å². The predicted molar refractivity (Wildman–Crippen MR) is 79.7 cm³/mol. The number of rotatable bonds is 1. The van der Waals surface area contributed by atoms with Crippen molar-refractivity contribution in [1.29, 1.82) is 0 Å². The van der Waals surface area contributed by atoms with Crippen molar-refractivity contribution in [2.45, 2.75) is 0 Å². The van der Waals surface area contributed by atoms with Crippen molar-refractivity contribution in [2.75, 3.05) is 12.4 Å². The van der Waals surface area contributed by atoms with Crippen molar-refractivity contribution in [2.24, 2.45) is 0 Å². The highest BCUT2D eigenvalue weighted by atomic mass is 14.8. The Morgan fingerprint density at radius 2 is 1.28 bits per heavy atom. The maximum Gasteiger partial charge on any atom is 0.0417 e. The summed E-state index contributed by atoms with van der Waals surface area (Å²) in [5, 5.41) is 11.3. The largest absolute Gasteiger partial charge is 0.388 e. The van der Waals surface area contributed by atoms with E-state index in [1.165, 1.54) is 38.0 Å². The number of anilines is 1. The lowest BCUT2D eigenvalue weighted by molar-refractivity contribution is 1.55. The highest BCUT2D eigenvalue weighted by Gasteiger charge is 2.09. The number of hydrogen-bond acceptors (Lipinski definition) is 1. The van der Waals surface area contributed by atoms with Crippen LogP contribution in [-0.4, -0.2) is 7.05 Å². The van der Waals surface area contributed by atoms with E-state index in [2.05, 4.69) is 59.9 Å². The van der Waals surface area contributed by atoms with E-state index in [0.717, 1.165) is 0 Å². The fraction of sp³-hybridized carbons (Fsp3) is 0.0588. The van der Waals surface area contributed by atoms with Gasteiger partial charge in [-0.25, -0.2) is 0 Å². The van der Waals surface area contributed by atoms with Gasteiger partial charge in [-0.15, -0.1) is 0 Å². The zero-order chi connectivity index (χ0) is 12.1. The summed E-state index contributed by atoms with van der Waals surface area (Å²) in [4.78, 5) is 0. The monoisotopic (exact) mass is 231 g/mol. The van der Waals surface area contributed by atoms with Gasteiger partial charge in [-0.1, -0.05) is 48.5 Å². The summed E-state index contributed by atoms with van der Waals surface area (Å²) in [5.41, 5.74) is 1.20. The average molecular weight is 231 g/mol. The Morgan fingerprint density at radius 1 is 0.667 bits per heavy atom. The highest BCUT2D eigenvalue weighted by Crippen LogP contribution is 2.37. The predicted octanol–water partition coefficient (Wildman–Crippen LogP) is 4.63. The maximum absolute atomic E-state index is 3.28. The summed E-state index contributed by atoms with van der Waals surface area (Å²) in [6.45, 7) is 0. The molecule has 0 fully saturated rings. The molecule has 0 radical (unpaired) electrons. The van der Waals surface area contributed by atoms with Gasteiger partial charge in [0, 0.05) is 18.1 Å². The smallest absolute Gasteiger partial charge is 0.0417 e. The summed E-state index contributed by atoms with van der Waals surface area (Å²) in [7, 11) is 1.98. The van der Waals surface area contributed by atoms with E-state index >= 15 is 0 Å². The molecule has 0 aromatic heterocycles. The number of benzene rings is 4. The SMILES string of the molecule is CNc1ccc2ccc3cccc4ccc1c2c34. The molecule has 1 nitrogen and oxygen atoms in total. The van der Waals surface area contributed by atoms with Crippen LogP contribution in [0.2, 0.25) is 0 Å². The van der Waals surface area contributed by atoms with E-state index in [0.29, 0.717) is 0 Å². The van der Waals surface area contributed by atoms with Crippen molar-refractivity contribution in [3.63, 3.8) is 0 Å². The number of hydrogen-bond donors (Lipinski definition) is 1. The Labute approximate surface area is 105 Å². The van der Waals surface area contributed by atoms with Crippen molar-refractivity contribution in [1.82, 2.24) is 0 Å². The van der Waals surface area contributed by atoms with E-state index in [1.54, 1.807) is 0 Å². The fourth-order valence-electron chi connectivity index (χ4n) is 2.95. The van der Waals surface area contributed by atoms with Crippen molar-refractivity contribution < 1.29 is 0 Å². The molecule has 1 heteroatoms.